The van der Waals surface area contributed by atoms with Gasteiger partial charge in [-0.05, 0) is 36.2 Å². The minimum atomic E-state index is -0.338. The second kappa shape index (κ2) is 6.65. The van der Waals surface area contributed by atoms with Crippen LogP contribution in [0.4, 0.5) is 0 Å². The Morgan fingerprint density at radius 2 is 2.24 bits per heavy atom. The van der Waals surface area contributed by atoms with Crippen molar-refractivity contribution in [3.05, 3.63) is 47.4 Å². The molecule has 5 nitrogen and oxygen atoms in total. The van der Waals surface area contributed by atoms with Crippen LogP contribution in [0, 0.1) is 0 Å². The Labute approximate surface area is 129 Å². The lowest BCUT2D eigenvalue weighted by atomic mass is 9.94. The highest BCUT2D eigenvalue weighted by molar-refractivity contribution is 5.98. The molecule has 0 bridgehead atoms. The number of methoxy groups -OCH3 is 1. The summed E-state index contributed by atoms with van der Waals surface area (Å²) in [6, 6.07) is 3.73. The standard InChI is InChI=1S/C15H15N3O2.ClH/c1-20-15(19)13-12-4-6-17-8-11(12)9-18-14(13)10-3-2-5-16-7-10;/h2-3,5,7,9,17H,4,6,8H2,1H3;1H. The third kappa shape index (κ3) is 2.89. The third-order valence-electron chi connectivity index (χ3n) is 3.47. The van der Waals surface area contributed by atoms with E-state index >= 15 is 0 Å². The molecule has 3 heterocycles. The number of pyridine rings is 2. The largest absolute Gasteiger partial charge is 0.465 e. The maximum atomic E-state index is 12.2. The molecule has 0 saturated heterocycles. The lowest BCUT2D eigenvalue weighted by Gasteiger charge is -2.21. The highest BCUT2D eigenvalue weighted by Gasteiger charge is 2.23. The number of carbonyl (C=O) groups excluding carboxylic acids is 1. The van der Waals surface area contributed by atoms with E-state index in [0.29, 0.717) is 11.3 Å². The lowest BCUT2D eigenvalue weighted by Crippen LogP contribution is -2.26. The van der Waals surface area contributed by atoms with E-state index in [1.165, 1.54) is 7.11 Å². The van der Waals surface area contributed by atoms with Gasteiger partial charge in [0.2, 0.25) is 0 Å². The zero-order valence-electron chi connectivity index (χ0n) is 11.6. The van der Waals surface area contributed by atoms with Gasteiger partial charge >= 0.3 is 5.97 Å². The first-order chi connectivity index (χ1) is 9.81. The fourth-order valence-corrected chi connectivity index (χ4v) is 2.51. The van der Waals surface area contributed by atoms with Gasteiger partial charge in [0, 0.05) is 30.7 Å². The number of carbonyl (C=O) groups is 1. The number of aromatic nitrogens is 2. The highest BCUT2D eigenvalue weighted by Crippen LogP contribution is 2.28. The number of rotatable bonds is 2. The van der Waals surface area contributed by atoms with E-state index in [1.807, 2.05) is 18.3 Å². The number of nitrogens with one attached hydrogen (secondary N) is 1. The summed E-state index contributed by atoms with van der Waals surface area (Å²) < 4.78 is 4.94. The summed E-state index contributed by atoms with van der Waals surface area (Å²) in [5.41, 5.74) is 4.13. The summed E-state index contributed by atoms with van der Waals surface area (Å²) in [5, 5.41) is 3.28. The second-order valence-electron chi connectivity index (χ2n) is 4.65. The van der Waals surface area contributed by atoms with E-state index in [1.54, 1.807) is 12.4 Å². The molecule has 0 amide bonds. The Balaban J connectivity index is 0.00000161. The van der Waals surface area contributed by atoms with Gasteiger partial charge in [0.1, 0.15) is 0 Å². The van der Waals surface area contributed by atoms with Crippen molar-refractivity contribution in [3.63, 3.8) is 0 Å². The van der Waals surface area contributed by atoms with Crippen molar-refractivity contribution in [1.29, 1.82) is 0 Å². The van der Waals surface area contributed by atoms with Crippen LogP contribution < -0.4 is 5.32 Å². The number of hydrogen-bond donors (Lipinski definition) is 1. The second-order valence-corrected chi connectivity index (χ2v) is 4.65. The molecule has 2 aromatic rings. The van der Waals surface area contributed by atoms with Crippen LogP contribution in [0.3, 0.4) is 0 Å². The van der Waals surface area contributed by atoms with Gasteiger partial charge < -0.3 is 10.1 Å². The minimum absolute atomic E-state index is 0. The van der Waals surface area contributed by atoms with E-state index in [9.17, 15) is 4.79 Å². The molecule has 1 N–H and O–H groups in total. The fraction of sp³-hybridized carbons (Fsp3) is 0.267. The van der Waals surface area contributed by atoms with Gasteiger partial charge in [-0.2, -0.15) is 0 Å². The van der Waals surface area contributed by atoms with E-state index in [0.717, 1.165) is 36.2 Å². The number of nitrogens with zero attached hydrogens (tertiary/aromatic N) is 2. The van der Waals surface area contributed by atoms with E-state index in [-0.39, 0.29) is 18.4 Å². The van der Waals surface area contributed by atoms with Crippen molar-refractivity contribution < 1.29 is 9.53 Å². The fourth-order valence-electron chi connectivity index (χ4n) is 2.51. The van der Waals surface area contributed by atoms with Crippen molar-refractivity contribution in [2.75, 3.05) is 13.7 Å². The molecular formula is C15H16ClN3O2. The van der Waals surface area contributed by atoms with Crippen LogP contribution in [0.5, 0.6) is 0 Å². The lowest BCUT2D eigenvalue weighted by molar-refractivity contribution is 0.0599. The van der Waals surface area contributed by atoms with Gasteiger partial charge in [0.25, 0.3) is 0 Å². The molecule has 21 heavy (non-hydrogen) atoms. The Hall–Kier alpha value is -1.98. The molecular weight excluding hydrogens is 290 g/mol. The molecule has 0 atom stereocenters. The summed E-state index contributed by atoms with van der Waals surface area (Å²) >= 11 is 0. The summed E-state index contributed by atoms with van der Waals surface area (Å²) in [6.45, 7) is 1.59. The maximum absolute atomic E-state index is 12.2. The number of hydrogen-bond acceptors (Lipinski definition) is 5. The maximum Gasteiger partial charge on any atom is 0.340 e. The number of ether oxygens (including phenoxy) is 1. The summed E-state index contributed by atoms with van der Waals surface area (Å²) in [6.07, 6.45) is 6.04. The first-order valence-electron chi connectivity index (χ1n) is 6.51. The molecule has 6 heteroatoms. The molecule has 3 rings (SSSR count). The van der Waals surface area contributed by atoms with Crippen LogP contribution in [0.15, 0.2) is 30.7 Å². The van der Waals surface area contributed by atoms with Gasteiger partial charge in [-0.25, -0.2) is 4.79 Å². The van der Waals surface area contributed by atoms with Gasteiger partial charge in [0.15, 0.2) is 0 Å². The minimum Gasteiger partial charge on any atom is -0.465 e. The molecule has 1 aliphatic heterocycles. The molecule has 0 unspecified atom stereocenters. The highest BCUT2D eigenvalue weighted by atomic mass is 35.5. The van der Waals surface area contributed by atoms with E-state index in [2.05, 4.69) is 15.3 Å². The first-order valence-corrected chi connectivity index (χ1v) is 6.51. The van der Waals surface area contributed by atoms with Gasteiger partial charge in [-0.1, -0.05) is 0 Å². The number of esters is 1. The monoisotopic (exact) mass is 305 g/mol. The zero-order valence-corrected chi connectivity index (χ0v) is 12.4. The average molecular weight is 306 g/mol. The van der Waals surface area contributed by atoms with Crippen molar-refractivity contribution in [3.8, 4) is 11.3 Å². The first kappa shape index (κ1) is 15.4. The van der Waals surface area contributed by atoms with E-state index < -0.39 is 0 Å². The predicted molar refractivity (Wildman–Crippen MR) is 81.5 cm³/mol. The SMILES string of the molecule is COC(=O)c1c(-c2cccnc2)ncc2c1CCNC2.Cl. The van der Waals surface area contributed by atoms with E-state index in [4.69, 9.17) is 4.74 Å². The molecule has 2 aromatic heterocycles. The Kier molecular flexibility index (Phi) is 4.88. The van der Waals surface area contributed by atoms with Crippen LogP contribution in [0.2, 0.25) is 0 Å². The molecule has 0 spiro atoms. The van der Waals surface area contributed by atoms with Crippen molar-refractivity contribution in [2.24, 2.45) is 0 Å². The van der Waals surface area contributed by atoms with Gasteiger partial charge in [-0.15, -0.1) is 12.4 Å². The molecule has 0 radical (unpaired) electrons. The molecule has 0 aliphatic carbocycles. The van der Waals surface area contributed by atoms with Crippen molar-refractivity contribution in [1.82, 2.24) is 15.3 Å². The Morgan fingerprint density at radius 1 is 1.38 bits per heavy atom. The normalized spacial score (nSPS) is 13.0. The zero-order chi connectivity index (χ0) is 13.9. The molecule has 0 aromatic carbocycles. The Morgan fingerprint density at radius 3 is 2.95 bits per heavy atom. The molecule has 1 aliphatic rings. The summed E-state index contributed by atoms with van der Waals surface area (Å²) in [5.74, 6) is -0.338. The summed E-state index contributed by atoms with van der Waals surface area (Å²) in [7, 11) is 1.40. The molecule has 0 fully saturated rings. The van der Waals surface area contributed by atoms with Crippen LogP contribution in [-0.4, -0.2) is 29.6 Å². The number of fused-ring (bicyclic) bond motifs is 1. The topological polar surface area (TPSA) is 64.1 Å². The van der Waals surface area contributed by atoms with Crippen LogP contribution in [0.25, 0.3) is 11.3 Å². The quantitative estimate of drug-likeness (QED) is 0.860. The van der Waals surface area contributed by atoms with Crippen LogP contribution >= 0.6 is 12.4 Å². The predicted octanol–water partition coefficient (Wildman–Crippen LogP) is 2.00. The Bertz CT molecular complexity index is 647. The van der Waals surface area contributed by atoms with Crippen molar-refractivity contribution >= 4 is 18.4 Å². The van der Waals surface area contributed by atoms with Crippen LogP contribution in [-0.2, 0) is 17.7 Å². The van der Waals surface area contributed by atoms with Crippen molar-refractivity contribution in [2.45, 2.75) is 13.0 Å². The van der Waals surface area contributed by atoms with Gasteiger partial charge in [-0.3, -0.25) is 9.97 Å². The van der Waals surface area contributed by atoms with Crippen LogP contribution in [0.1, 0.15) is 21.5 Å². The molecule has 0 saturated carbocycles. The number of halogens is 1. The van der Waals surface area contributed by atoms with Gasteiger partial charge in [0.05, 0.1) is 18.4 Å². The average Bonchev–Trinajstić information content (AvgIpc) is 2.54. The third-order valence-corrected chi connectivity index (χ3v) is 3.47. The molecule has 110 valence electrons. The summed E-state index contributed by atoms with van der Waals surface area (Å²) in [4.78, 5) is 20.7. The smallest absolute Gasteiger partial charge is 0.340 e.